The van der Waals surface area contributed by atoms with Crippen molar-refractivity contribution in [2.45, 2.75) is 32.6 Å². The molecule has 0 bridgehead atoms. The third-order valence-corrected chi connectivity index (χ3v) is 5.12. The molecule has 2 rings (SSSR count). The van der Waals surface area contributed by atoms with Crippen LogP contribution in [0.15, 0.2) is 0 Å². The van der Waals surface area contributed by atoms with Crippen LogP contribution in [0, 0.1) is 5.92 Å². The van der Waals surface area contributed by atoms with Crippen LogP contribution in [0.5, 0.6) is 0 Å². The number of carbonyl (C=O) groups excluding carboxylic acids is 1. The normalized spacial score (nSPS) is 20.2. The smallest absolute Gasteiger partial charge is 0.351 e. The van der Waals surface area contributed by atoms with Gasteiger partial charge in [0.05, 0.1) is 7.11 Å². The zero-order chi connectivity index (χ0) is 13.8. The summed E-state index contributed by atoms with van der Waals surface area (Å²) in [7, 11) is 1.36. The molecular weight excluding hydrogens is 284 g/mol. The summed E-state index contributed by atoms with van der Waals surface area (Å²) in [5.74, 6) is 0.399. The number of methoxy groups -OCH3 is 1. The van der Waals surface area contributed by atoms with Crippen molar-refractivity contribution in [1.82, 2.24) is 4.98 Å². The Labute approximate surface area is 122 Å². The van der Waals surface area contributed by atoms with E-state index in [2.05, 4.69) is 16.8 Å². The van der Waals surface area contributed by atoms with Gasteiger partial charge in [0.15, 0.2) is 15.2 Å². The predicted molar refractivity (Wildman–Crippen MR) is 78.3 cm³/mol. The number of hydrogen-bond acceptors (Lipinski definition) is 5. The Balaban J connectivity index is 2.11. The second-order valence-corrected chi connectivity index (χ2v) is 6.14. The summed E-state index contributed by atoms with van der Waals surface area (Å²) in [5.41, 5.74) is 0. The van der Waals surface area contributed by atoms with Gasteiger partial charge in [-0.3, -0.25) is 0 Å². The average molecular weight is 303 g/mol. The van der Waals surface area contributed by atoms with Crippen molar-refractivity contribution in [1.29, 1.82) is 0 Å². The average Bonchev–Trinajstić information content (AvgIpc) is 2.66. The fourth-order valence-corrected chi connectivity index (χ4v) is 3.66. The molecule has 0 aliphatic carbocycles. The topological polar surface area (TPSA) is 42.4 Å². The molecule has 106 valence electrons. The van der Waals surface area contributed by atoms with Gasteiger partial charge in [-0.1, -0.05) is 36.3 Å². The number of rotatable bonds is 3. The highest BCUT2D eigenvalue weighted by Gasteiger charge is 2.22. The first-order valence-corrected chi connectivity index (χ1v) is 7.84. The van der Waals surface area contributed by atoms with Gasteiger partial charge in [0.25, 0.3) is 0 Å². The van der Waals surface area contributed by atoms with Gasteiger partial charge in [0, 0.05) is 13.1 Å². The molecular formula is C13H19ClN2O2S. The van der Waals surface area contributed by atoms with Crippen LogP contribution in [0.2, 0.25) is 5.15 Å². The maximum atomic E-state index is 11.5. The van der Waals surface area contributed by atoms with E-state index in [-0.39, 0.29) is 5.15 Å². The lowest BCUT2D eigenvalue weighted by molar-refractivity contribution is 0.0606. The van der Waals surface area contributed by atoms with E-state index in [9.17, 15) is 4.79 Å². The van der Waals surface area contributed by atoms with Gasteiger partial charge in [-0.05, 0) is 25.2 Å². The van der Waals surface area contributed by atoms with Crippen molar-refractivity contribution in [2.24, 2.45) is 5.92 Å². The number of ether oxygens (including phenoxy) is 1. The second-order valence-electron chi connectivity index (χ2n) is 4.80. The maximum Gasteiger partial charge on any atom is 0.351 e. The molecule has 1 aromatic rings. The van der Waals surface area contributed by atoms with E-state index < -0.39 is 5.97 Å². The molecule has 1 atom stereocenters. The van der Waals surface area contributed by atoms with Crippen LogP contribution in [0.3, 0.4) is 0 Å². The minimum atomic E-state index is -0.407. The monoisotopic (exact) mass is 302 g/mol. The molecule has 19 heavy (non-hydrogen) atoms. The van der Waals surface area contributed by atoms with Gasteiger partial charge in [-0.2, -0.15) is 0 Å². The molecule has 4 nitrogen and oxygen atoms in total. The Kier molecular flexibility index (Phi) is 5.05. The number of carbonyl (C=O) groups is 1. The lowest BCUT2D eigenvalue weighted by atomic mass is 9.98. The van der Waals surface area contributed by atoms with Crippen molar-refractivity contribution in [2.75, 3.05) is 25.1 Å². The zero-order valence-electron chi connectivity index (χ0n) is 11.3. The molecule has 6 heteroatoms. The van der Waals surface area contributed by atoms with Gasteiger partial charge < -0.3 is 9.64 Å². The number of thiazole rings is 1. The van der Waals surface area contributed by atoms with Crippen molar-refractivity contribution in [3.8, 4) is 0 Å². The molecule has 0 spiro atoms. The van der Waals surface area contributed by atoms with Crippen molar-refractivity contribution < 1.29 is 9.53 Å². The van der Waals surface area contributed by atoms with Crippen LogP contribution in [0.4, 0.5) is 5.13 Å². The maximum absolute atomic E-state index is 11.5. The SMILES string of the molecule is CCC1CCCN(c2nc(Cl)c(C(=O)OC)s2)CC1. The molecule has 1 aliphatic heterocycles. The molecule has 1 unspecified atom stereocenters. The quantitative estimate of drug-likeness (QED) is 0.800. The number of anilines is 1. The van der Waals surface area contributed by atoms with E-state index in [0.717, 1.165) is 24.1 Å². The van der Waals surface area contributed by atoms with Crippen LogP contribution in [0.25, 0.3) is 0 Å². The molecule has 1 saturated heterocycles. The molecule has 2 heterocycles. The van der Waals surface area contributed by atoms with Crippen molar-refractivity contribution >= 4 is 34.0 Å². The van der Waals surface area contributed by atoms with E-state index in [1.807, 2.05) is 0 Å². The van der Waals surface area contributed by atoms with Crippen LogP contribution in [0.1, 0.15) is 42.3 Å². The summed E-state index contributed by atoms with van der Waals surface area (Å²) in [4.78, 5) is 18.5. The first-order valence-electron chi connectivity index (χ1n) is 6.65. The summed E-state index contributed by atoms with van der Waals surface area (Å²) >= 11 is 7.33. The Bertz CT molecular complexity index is 450. The summed E-state index contributed by atoms with van der Waals surface area (Å²) < 4.78 is 4.71. The first kappa shape index (κ1) is 14.6. The zero-order valence-corrected chi connectivity index (χ0v) is 12.9. The fourth-order valence-electron chi connectivity index (χ4n) is 2.41. The van der Waals surface area contributed by atoms with E-state index in [1.54, 1.807) is 0 Å². The van der Waals surface area contributed by atoms with Gasteiger partial charge in [0.1, 0.15) is 0 Å². The molecule has 0 aromatic carbocycles. The fraction of sp³-hybridized carbons (Fsp3) is 0.692. The first-order chi connectivity index (χ1) is 9.15. The van der Waals surface area contributed by atoms with E-state index in [0.29, 0.717) is 4.88 Å². The summed E-state index contributed by atoms with van der Waals surface area (Å²) in [6.07, 6.45) is 4.86. The Morgan fingerprint density at radius 2 is 2.32 bits per heavy atom. The highest BCUT2D eigenvalue weighted by Crippen LogP contribution is 2.32. The highest BCUT2D eigenvalue weighted by atomic mass is 35.5. The second kappa shape index (κ2) is 6.57. The van der Waals surface area contributed by atoms with Crippen LogP contribution < -0.4 is 4.90 Å². The van der Waals surface area contributed by atoms with Gasteiger partial charge >= 0.3 is 5.97 Å². The van der Waals surface area contributed by atoms with Crippen molar-refractivity contribution in [3.63, 3.8) is 0 Å². The highest BCUT2D eigenvalue weighted by molar-refractivity contribution is 7.18. The van der Waals surface area contributed by atoms with Crippen LogP contribution in [-0.4, -0.2) is 31.2 Å². The Morgan fingerprint density at radius 3 is 3.00 bits per heavy atom. The molecule has 0 radical (unpaired) electrons. The molecule has 1 fully saturated rings. The number of halogens is 1. The molecule has 0 saturated carbocycles. The van der Waals surface area contributed by atoms with E-state index in [1.165, 1.54) is 44.1 Å². The summed E-state index contributed by atoms with van der Waals surface area (Å²) in [6, 6.07) is 0. The lowest BCUT2D eigenvalue weighted by Gasteiger charge is -2.19. The van der Waals surface area contributed by atoms with Crippen LogP contribution >= 0.6 is 22.9 Å². The summed E-state index contributed by atoms with van der Waals surface area (Å²) in [6.45, 7) is 4.22. The van der Waals surface area contributed by atoms with Gasteiger partial charge in [-0.25, -0.2) is 9.78 Å². The predicted octanol–water partition coefficient (Wildman–Crippen LogP) is 3.60. The van der Waals surface area contributed by atoms with Gasteiger partial charge in [0.2, 0.25) is 0 Å². The Hall–Kier alpha value is -0.810. The van der Waals surface area contributed by atoms with Crippen LogP contribution in [-0.2, 0) is 4.74 Å². The minimum Gasteiger partial charge on any atom is -0.465 e. The number of esters is 1. The number of aromatic nitrogens is 1. The summed E-state index contributed by atoms with van der Waals surface area (Å²) in [5, 5.41) is 1.09. The standard InChI is InChI=1S/C13H19ClN2O2S/c1-3-9-5-4-7-16(8-6-9)13-15-11(14)10(19-13)12(17)18-2/h9H,3-8H2,1-2H3. The van der Waals surface area contributed by atoms with Gasteiger partial charge in [-0.15, -0.1) is 0 Å². The minimum absolute atomic E-state index is 0.253. The lowest BCUT2D eigenvalue weighted by Crippen LogP contribution is -2.23. The molecule has 1 aromatic heterocycles. The van der Waals surface area contributed by atoms with E-state index in [4.69, 9.17) is 16.3 Å². The third kappa shape index (κ3) is 3.39. The molecule has 1 aliphatic rings. The number of hydrogen-bond donors (Lipinski definition) is 0. The molecule has 0 amide bonds. The Morgan fingerprint density at radius 1 is 1.53 bits per heavy atom. The third-order valence-electron chi connectivity index (χ3n) is 3.64. The van der Waals surface area contributed by atoms with Crippen molar-refractivity contribution in [3.05, 3.63) is 10.0 Å². The molecule has 0 N–H and O–H groups in total. The number of nitrogens with zero attached hydrogens (tertiary/aromatic N) is 2. The largest absolute Gasteiger partial charge is 0.465 e. The van der Waals surface area contributed by atoms with E-state index >= 15 is 0 Å².